The fraction of sp³-hybridized carbons (Fsp3) is 0.444. The number of aliphatic hydroxyl groups is 1. The number of halogens is 2. The van der Waals surface area contributed by atoms with Gasteiger partial charge in [-0.1, -0.05) is 11.6 Å². The lowest BCUT2D eigenvalue weighted by atomic mass is 10.1. The van der Waals surface area contributed by atoms with Crippen molar-refractivity contribution in [2.45, 2.75) is 32.4 Å². The first-order chi connectivity index (χ1) is 12.2. The van der Waals surface area contributed by atoms with Gasteiger partial charge in [0.05, 0.1) is 24.5 Å². The average molecular weight is 490 g/mol. The second kappa shape index (κ2) is 10.1. The van der Waals surface area contributed by atoms with E-state index in [2.05, 4.69) is 22.2 Å². The Hall–Kier alpha value is -1.32. The lowest BCUT2D eigenvalue weighted by Gasteiger charge is -2.32. The van der Waals surface area contributed by atoms with E-state index in [1.807, 2.05) is 41.3 Å². The quantitative estimate of drug-likeness (QED) is 0.394. The molecule has 8 heteroatoms. The van der Waals surface area contributed by atoms with Crippen LogP contribution in [-0.4, -0.2) is 51.5 Å². The largest absolute Gasteiger partial charge is 0.393 e. The molecule has 6 nitrogen and oxygen atoms in total. The van der Waals surface area contributed by atoms with Gasteiger partial charge in [-0.05, 0) is 44.0 Å². The second-order valence-electron chi connectivity index (χ2n) is 6.16. The van der Waals surface area contributed by atoms with Gasteiger partial charge in [-0.25, -0.2) is 9.67 Å². The minimum absolute atomic E-state index is 0. The molecule has 1 aromatic carbocycles. The zero-order valence-electron chi connectivity index (χ0n) is 14.8. The Kier molecular flexibility index (Phi) is 8.17. The number of hydrogen-bond acceptors (Lipinski definition) is 3. The number of guanidine groups is 1. The molecule has 1 saturated heterocycles. The number of aliphatic hydroxyl groups excluding tert-OH is 1. The maximum atomic E-state index is 9.67. The van der Waals surface area contributed by atoms with Gasteiger partial charge in [0.15, 0.2) is 5.96 Å². The van der Waals surface area contributed by atoms with Gasteiger partial charge < -0.3 is 15.3 Å². The van der Waals surface area contributed by atoms with Crippen molar-refractivity contribution in [2.75, 3.05) is 19.6 Å². The van der Waals surface area contributed by atoms with E-state index in [9.17, 15) is 5.11 Å². The highest BCUT2D eigenvalue weighted by molar-refractivity contribution is 14.0. The summed E-state index contributed by atoms with van der Waals surface area (Å²) in [6.45, 7) is 5.11. The molecule has 1 aliphatic rings. The van der Waals surface area contributed by atoms with Crippen molar-refractivity contribution in [2.24, 2.45) is 4.99 Å². The van der Waals surface area contributed by atoms with E-state index in [-0.39, 0.29) is 30.1 Å². The Bertz CT molecular complexity index is 711. The van der Waals surface area contributed by atoms with E-state index >= 15 is 0 Å². The molecule has 1 aromatic heterocycles. The van der Waals surface area contributed by atoms with Crippen LogP contribution in [0.1, 0.15) is 25.3 Å². The summed E-state index contributed by atoms with van der Waals surface area (Å²) in [6.07, 6.45) is 5.21. The molecule has 0 aliphatic carbocycles. The van der Waals surface area contributed by atoms with Crippen molar-refractivity contribution in [3.8, 4) is 5.69 Å². The molecule has 0 radical (unpaired) electrons. The van der Waals surface area contributed by atoms with Crippen LogP contribution in [0, 0.1) is 0 Å². The van der Waals surface area contributed by atoms with Crippen molar-refractivity contribution >= 4 is 41.5 Å². The highest BCUT2D eigenvalue weighted by Gasteiger charge is 2.19. The standard InChI is InChI=1S/C18H24ClN5O.HI/c1-2-20-18(23-9-7-17(25)8-10-23)21-11-14-12-22-24(13-14)16-5-3-15(19)4-6-16;/h3-6,12-13,17,25H,2,7-11H2,1H3,(H,20,21);1H. The van der Waals surface area contributed by atoms with Gasteiger partial charge in [0.1, 0.15) is 0 Å². The predicted molar refractivity (Wildman–Crippen MR) is 116 cm³/mol. The van der Waals surface area contributed by atoms with Gasteiger partial charge in [-0.3, -0.25) is 0 Å². The first-order valence-electron chi connectivity index (χ1n) is 8.66. The molecule has 2 heterocycles. The van der Waals surface area contributed by atoms with Crippen LogP contribution in [0.4, 0.5) is 0 Å². The van der Waals surface area contributed by atoms with Crippen molar-refractivity contribution < 1.29 is 5.11 Å². The number of piperidine rings is 1. The number of benzene rings is 1. The topological polar surface area (TPSA) is 65.7 Å². The summed E-state index contributed by atoms with van der Waals surface area (Å²) in [6, 6.07) is 7.58. The fourth-order valence-electron chi connectivity index (χ4n) is 2.85. The van der Waals surface area contributed by atoms with E-state index in [1.54, 1.807) is 0 Å². The SMILES string of the molecule is CCNC(=NCc1cnn(-c2ccc(Cl)cc2)c1)N1CCC(O)CC1.I. The Morgan fingerprint density at radius 2 is 2.00 bits per heavy atom. The Balaban J connectivity index is 0.00000243. The molecule has 0 spiro atoms. The van der Waals surface area contributed by atoms with Crippen LogP contribution in [0.5, 0.6) is 0 Å². The van der Waals surface area contributed by atoms with Gasteiger partial charge in [0.2, 0.25) is 0 Å². The number of aromatic nitrogens is 2. The molecule has 0 atom stereocenters. The van der Waals surface area contributed by atoms with E-state index in [1.165, 1.54) is 0 Å². The van der Waals surface area contributed by atoms with Crippen LogP contribution in [0.25, 0.3) is 5.69 Å². The molecule has 0 amide bonds. The summed E-state index contributed by atoms with van der Waals surface area (Å²) in [7, 11) is 0. The van der Waals surface area contributed by atoms with Crippen LogP contribution < -0.4 is 5.32 Å². The van der Waals surface area contributed by atoms with E-state index < -0.39 is 0 Å². The van der Waals surface area contributed by atoms with Crippen LogP contribution in [0.3, 0.4) is 0 Å². The zero-order valence-corrected chi connectivity index (χ0v) is 17.9. The number of likely N-dealkylation sites (tertiary alicyclic amines) is 1. The van der Waals surface area contributed by atoms with Gasteiger partial charge in [0, 0.05) is 36.4 Å². The molecule has 2 aromatic rings. The molecule has 0 saturated carbocycles. The fourth-order valence-corrected chi connectivity index (χ4v) is 2.97. The summed E-state index contributed by atoms with van der Waals surface area (Å²) >= 11 is 5.93. The lowest BCUT2D eigenvalue weighted by molar-refractivity contribution is 0.108. The monoisotopic (exact) mass is 489 g/mol. The minimum Gasteiger partial charge on any atom is -0.393 e. The second-order valence-corrected chi connectivity index (χ2v) is 6.59. The third-order valence-electron chi connectivity index (χ3n) is 4.24. The first kappa shape index (κ1) is 21.0. The van der Waals surface area contributed by atoms with Crippen LogP contribution in [0.15, 0.2) is 41.7 Å². The summed E-state index contributed by atoms with van der Waals surface area (Å²) < 4.78 is 1.82. The van der Waals surface area contributed by atoms with Crippen molar-refractivity contribution in [3.63, 3.8) is 0 Å². The zero-order chi connectivity index (χ0) is 17.6. The molecular weight excluding hydrogens is 465 g/mol. The minimum atomic E-state index is -0.184. The van der Waals surface area contributed by atoms with Gasteiger partial charge in [0.25, 0.3) is 0 Å². The molecular formula is C18H25ClIN5O. The third kappa shape index (κ3) is 5.59. The molecule has 3 rings (SSSR count). The number of aliphatic imine (C=N–C) groups is 1. The third-order valence-corrected chi connectivity index (χ3v) is 4.49. The summed E-state index contributed by atoms with van der Waals surface area (Å²) in [5.74, 6) is 0.897. The van der Waals surface area contributed by atoms with Crippen molar-refractivity contribution in [1.29, 1.82) is 0 Å². The number of nitrogens with one attached hydrogen (secondary N) is 1. The Morgan fingerprint density at radius 3 is 2.65 bits per heavy atom. The van der Waals surface area contributed by atoms with Gasteiger partial charge in [-0.2, -0.15) is 5.10 Å². The van der Waals surface area contributed by atoms with Crippen LogP contribution in [0.2, 0.25) is 5.02 Å². The summed E-state index contributed by atoms with van der Waals surface area (Å²) in [5.41, 5.74) is 2.01. The predicted octanol–water partition coefficient (Wildman–Crippen LogP) is 3.07. The van der Waals surface area contributed by atoms with Gasteiger partial charge in [-0.15, -0.1) is 24.0 Å². The van der Waals surface area contributed by atoms with Crippen molar-refractivity contribution in [1.82, 2.24) is 20.0 Å². The number of hydrogen-bond donors (Lipinski definition) is 2. The highest BCUT2D eigenvalue weighted by atomic mass is 127. The molecule has 0 unspecified atom stereocenters. The van der Waals surface area contributed by atoms with Gasteiger partial charge >= 0.3 is 0 Å². The molecule has 1 fully saturated rings. The highest BCUT2D eigenvalue weighted by Crippen LogP contribution is 2.14. The molecule has 2 N–H and O–H groups in total. The number of nitrogens with zero attached hydrogens (tertiary/aromatic N) is 4. The smallest absolute Gasteiger partial charge is 0.194 e. The summed E-state index contributed by atoms with van der Waals surface area (Å²) in [4.78, 5) is 6.94. The number of rotatable bonds is 4. The Labute approximate surface area is 176 Å². The molecule has 26 heavy (non-hydrogen) atoms. The Morgan fingerprint density at radius 1 is 1.31 bits per heavy atom. The maximum absolute atomic E-state index is 9.67. The molecule has 1 aliphatic heterocycles. The summed E-state index contributed by atoms with van der Waals surface area (Å²) in [5, 5.41) is 18.1. The molecule has 142 valence electrons. The van der Waals surface area contributed by atoms with Crippen LogP contribution in [-0.2, 0) is 6.54 Å². The van der Waals surface area contributed by atoms with E-state index in [0.29, 0.717) is 11.6 Å². The first-order valence-corrected chi connectivity index (χ1v) is 9.04. The van der Waals surface area contributed by atoms with Crippen LogP contribution >= 0.6 is 35.6 Å². The molecule has 0 bridgehead atoms. The van der Waals surface area contributed by atoms with Crippen molar-refractivity contribution in [3.05, 3.63) is 47.2 Å². The van der Waals surface area contributed by atoms with E-state index in [4.69, 9.17) is 16.6 Å². The maximum Gasteiger partial charge on any atom is 0.194 e. The average Bonchev–Trinajstić information content (AvgIpc) is 3.09. The normalized spacial score (nSPS) is 15.7. The lowest BCUT2D eigenvalue weighted by Crippen LogP contribution is -2.46. The van der Waals surface area contributed by atoms with E-state index in [0.717, 1.165) is 49.7 Å².